The summed E-state index contributed by atoms with van der Waals surface area (Å²) in [5, 5.41) is 4.30. The van der Waals surface area contributed by atoms with Gasteiger partial charge in [-0.1, -0.05) is 33.1 Å². The molecule has 1 fully saturated rings. The van der Waals surface area contributed by atoms with Crippen molar-refractivity contribution in [2.24, 2.45) is 17.7 Å². The highest BCUT2D eigenvalue weighted by molar-refractivity contribution is 4.93. The zero-order chi connectivity index (χ0) is 14.4. The molecule has 114 valence electrons. The van der Waals surface area contributed by atoms with Crippen LogP contribution in [0.5, 0.6) is 0 Å². The van der Waals surface area contributed by atoms with Gasteiger partial charge in [0.1, 0.15) is 12.2 Å². The molecule has 1 aliphatic rings. The van der Waals surface area contributed by atoms with Gasteiger partial charge < -0.3 is 0 Å². The Bertz CT molecular complexity index is 381. The van der Waals surface area contributed by atoms with Crippen LogP contribution in [0.25, 0.3) is 0 Å². The summed E-state index contributed by atoms with van der Waals surface area (Å²) in [6.07, 6.45) is 10.2. The zero-order valence-corrected chi connectivity index (χ0v) is 12.9. The van der Waals surface area contributed by atoms with Crippen molar-refractivity contribution >= 4 is 0 Å². The number of nitrogens with two attached hydrogens (primary N) is 1. The Morgan fingerprint density at radius 2 is 2.10 bits per heavy atom. The van der Waals surface area contributed by atoms with E-state index < -0.39 is 0 Å². The van der Waals surface area contributed by atoms with Crippen molar-refractivity contribution in [3.63, 3.8) is 0 Å². The number of hydrogen-bond acceptors (Lipinski definition) is 4. The van der Waals surface area contributed by atoms with Gasteiger partial charge in [-0.2, -0.15) is 5.10 Å². The van der Waals surface area contributed by atoms with E-state index in [-0.39, 0.29) is 0 Å². The number of hydrogen-bond donors (Lipinski definition) is 2. The minimum absolute atomic E-state index is 0.326. The summed E-state index contributed by atoms with van der Waals surface area (Å²) < 4.78 is 2.02. The van der Waals surface area contributed by atoms with Crippen LogP contribution in [0.2, 0.25) is 0 Å². The van der Waals surface area contributed by atoms with E-state index in [0.717, 1.165) is 31.1 Å². The first-order valence-corrected chi connectivity index (χ1v) is 8.11. The third kappa shape index (κ3) is 3.79. The fourth-order valence-corrected chi connectivity index (χ4v) is 3.40. The van der Waals surface area contributed by atoms with E-state index in [2.05, 4.69) is 29.4 Å². The lowest BCUT2D eigenvalue weighted by atomic mass is 9.77. The van der Waals surface area contributed by atoms with Crippen molar-refractivity contribution in [2.45, 2.75) is 71.4 Å². The van der Waals surface area contributed by atoms with Gasteiger partial charge >= 0.3 is 0 Å². The predicted octanol–water partition coefficient (Wildman–Crippen LogP) is 2.28. The largest absolute Gasteiger partial charge is 0.271 e. The fraction of sp³-hybridized carbons (Fsp3) is 0.867. The van der Waals surface area contributed by atoms with Crippen LogP contribution >= 0.6 is 0 Å². The van der Waals surface area contributed by atoms with Crippen molar-refractivity contribution < 1.29 is 0 Å². The van der Waals surface area contributed by atoms with Crippen molar-refractivity contribution in [1.82, 2.24) is 20.2 Å². The van der Waals surface area contributed by atoms with Crippen LogP contribution in [-0.4, -0.2) is 20.8 Å². The van der Waals surface area contributed by atoms with E-state index in [4.69, 9.17) is 5.84 Å². The standard InChI is InChI=1S/C15H29N5/c1-3-9-20-15(17-11-18-20)10-14(19-16)13-7-5-12(4-2)6-8-13/h11-14,19H,3-10,16H2,1-2H3. The van der Waals surface area contributed by atoms with Crippen LogP contribution in [0, 0.1) is 11.8 Å². The smallest absolute Gasteiger partial charge is 0.138 e. The van der Waals surface area contributed by atoms with E-state index >= 15 is 0 Å². The second-order valence-electron chi connectivity index (χ2n) is 6.07. The minimum atomic E-state index is 0.326. The van der Waals surface area contributed by atoms with E-state index in [1.807, 2.05) is 4.68 Å². The van der Waals surface area contributed by atoms with Crippen LogP contribution in [0.1, 0.15) is 58.2 Å². The number of nitrogens with zero attached hydrogens (tertiary/aromatic N) is 3. The molecular formula is C15H29N5. The first kappa shape index (κ1) is 15.4. The Morgan fingerprint density at radius 3 is 2.70 bits per heavy atom. The average Bonchev–Trinajstić information content (AvgIpc) is 2.92. The highest BCUT2D eigenvalue weighted by atomic mass is 15.3. The molecule has 1 aromatic rings. The van der Waals surface area contributed by atoms with Gasteiger partial charge in [0.2, 0.25) is 0 Å². The molecule has 1 unspecified atom stereocenters. The average molecular weight is 279 g/mol. The van der Waals surface area contributed by atoms with E-state index in [0.29, 0.717) is 12.0 Å². The van der Waals surface area contributed by atoms with E-state index in [1.54, 1.807) is 6.33 Å². The molecule has 0 aromatic carbocycles. The maximum atomic E-state index is 5.80. The van der Waals surface area contributed by atoms with Gasteiger partial charge in [-0.25, -0.2) is 4.98 Å². The van der Waals surface area contributed by atoms with Gasteiger partial charge in [-0.15, -0.1) is 0 Å². The molecular weight excluding hydrogens is 250 g/mol. The van der Waals surface area contributed by atoms with E-state index in [9.17, 15) is 0 Å². The Morgan fingerprint density at radius 1 is 1.35 bits per heavy atom. The molecule has 0 bridgehead atoms. The molecule has 0 aliphatic heterocycles. The first-order chi connectivity index (χ1) is 9.78. The first-order valence-electron chi connectivity index (χ1n) is 8.11. The number of hydrazine groups is 1. The molecule has 5 heteroatoms. The molecule has 2 rings (SSSR count). The van der Waals surface area contributed by atoms with Gasteiger partial charge in [0.25, 0.3) is 0 Å². The Balaban J connectivity index is 1.93. The normalized spacial score (nSPS) is 24.8. The summed E-state index contributed by atoms with van der Waals surface area (Å²) in [4.78, 5) is 4.40. The van der Waals surface area contributed by atoms with Gasteiger partial charge in [0.05, 0.1) is 0 Å². The monoisotopic (exact) mass is 279 g/mol. The third-order valence-electron chi connectivity index (χ3n) is 4.79. The minimum Gasteiger partial charge on any atom is -0.271 e. The van der Waals surface area contributed by atoms with Gasteiger partial charge in [0.15, 0.2) is 0 Å². The second kappa shape index (κ2) is 7.74. The number of aryl methyl sites for hydroxylation is 1. The Hall–Kier alpha value is -0.940. The molecule has 0 radical (unpaired) electrons. The summed E-state index contributed by atoms with van der Waals surface area (Å²) in [6.45, 7) is 5.40. The van der Waals surface area contributed by atoms with Crippen molar-refractivity contribution in [3.8, 4) is 0 Å². The summed E-state index contributed by atoms with van der Waals surface area (Å²) in [5.41, 5.74) is 3.03. The summed E-state index contributed by atoms with van der Waals surface area (Å²) in [6, 6.07) is 0.326. The second-order valence-corrected chi connectivity index (χ2v) is 6.07. The van der Waals surface area contributed by atoms with Crippen LogP contribution in [0.3, 0.4) is 0 Å². The zero-order valence-electron chi connectivity index (χ0n) is 12.9. The molecule has 1 saturated carbocycles. The van der Waals surface area contributed by atoms with Crippen LogP contribution < -0.4 is 11.3 Å². The molecule has 0 amide bonds. The molecule has 1 aromatic heterocycles. The summed E-state index contributed by atoms with van der Waals surface area (Å²) >= 11 is 0. The molecule has 5 nitrogen and oxygen atoms in total. The molecule has 1 atom stereocenters. The third-order valence-corrected chi connectivity index (χ3v) is 4.79. The number of aromatic nitrogens is 3. The maximum absolute atomic E-state index is 5.80. The fourth-order valence-electron chi connectivity index (χ4n) is 3.40. The summed E-state index contributed by atoms with van der Waals surface area (Å²) in [5.74, 6) is 8.47. The van der Waals surface area contributed by atoms with Crippen molar-refractivity contribution in [1.29, 1.82) is 0 Å². The van der Waals surface area contributed by atoms with Crippen LogP contribution in [-0.2, 0) is 13.0 Å². The van der Waals surface area contributed by atoms with Gasteiger partial charge in [-0.05, 0) is 31.1 Å². The van der Waals surface area contributed by atoms with Crippen molar-refractivity contribution in [3.05, 3.63) is 12.2 Å². The molecule has 20 heavy (non-hydrogen) atoms. The lowest BCUT2D eigenvalue weighted by Gasteiger charge is -2.33. The lowest BCUT2D eigenvalue weighted by molar-refractivity contribution is 0.214. The quantitative estimate of drug-likeness (QED) is 0.593. The SMILES string of the molecule is CCCn1ncnc1CC(NN)C1CCC(CC)CC1. The van der Waals surface area contributed by atoms with Crippen LogP contribution in [0.4, 0.5) is 0 Å². The molecule has 3 N–H and O–H groups in total. The molecule has 1 heterocycles. The molecule has 1 aliphatic carbocycles. The predicted molar refractivity (Wildman–Crippen MR) is 80.9 cm³/mol. The van der Waals surface area contributed by atoms with Crippen LogP contribution in [0.15, 0.2) is 6.33 Å². The van der Waals surface area contributed by atoms with Gasteiger partial charge in [-0.3, -0.25) is 16.0 Å². The highest BCUT2D eigenvalue weighted by Crippen LogP contribution is 2.33. The number of rotatable bonds is 7. The van der Waals surface area contributed by atoms with E-state index in [1.165, 1.54) is 32.1 Å². The molecule has 0 spiro atoms. The maximum Gasteiger partial charge on any atom is 0.138 e. The lowest BCUT2D eigenvalue weighted by Crippen LogP contribution is -2.44. The highest BCUT2D eigenvalue weighted by Gasteiger charge is 2.27. The summed E-state index contributed by atoms with van der Waals surface area (Å²) in [7, 11) is 0. The molecule has 0 saturated heterocycles. The Labute approximate surface area is 122 Å². The van der Waals surface area contributed by atoms with Crippen molar-refractivity contribution in [2.75, 3.05) is 0 Å². The topological polar surface area (TPSA) is 68.8 Å². The number of nitrogens with one attached hydrogen (secondary N) is 1. The van der Waals surface area contributed by atoms with Gasteiger partial charge in [0, 0.05) is 19.0 Å². The Kier molecular flexibility index (Phi) is 5.98.